The van der Waals surface area contributed by atoms with E-state index in [4.69, 9.17) is 10.1 Å². The van der Waals surface area contributed by atoms with Gasteiger partial charge in [0.2, 0.25) is 0 Å². The van der Waals surface area contributed by atoms with Gasteiger partial charge in [-0.1, -0.05) is 12.1 Å². The van der Waals surface area contributed by atoms with Crippen LogP contribution >= 0.6 is 0 Å². The number of halogens is 2. The van der Waals surface area contributed by atoms with Crippen molar-refractivity contribution >= 4 is 0 Å². The first-order valence-corrected chi connectivity index (χ1v) is 5.41. The second kappa shape index (κ2) is 4.68. The molecule has 0 radical (unpaired) electrons. The largest absolute Gasteiger partial charge is 0.404 e. The average Bonchev–Trinajstić information content (AvgIpc) is 2.28. The highest BCUT2D eigenvalue weighted by atomic mass is 19.3. The van der Waals surface area contributed by atoms with Gasteiger partial charge < -0.3 is 4.84 Å². The van der Waals surface area contributed by atoms with Gasteiger partial charge in [0.05, 0.1) is 12.1 Å². The van der Waals surface area contributed by atoms with E-state index in [0.29, 0.717) is 24.3 Å². The lowest BCUT2D eigenvalue weighted by Gasteiger charge is -2.31. The molecule has 0 N–H and O–H groups in total. The molecule has 5 heteroatoms. The molecule has 0 atom stereocenters. The van der Waals surface area contributed by atoms with Gasteiger partial charge in [-0.15, -0.1) is 5.06 Å². The lowest BCUT2D eigenvalue weighted by atomic mass is 10.1. The Balaban J connectivity index is 2.08. The van der Waals surface area contributed by atoms with Crippen molar-refractivity contribution in [1.29, 1.82) is 5.26 Å². The Hall–Kier alpha value is -1.67. The Morgan fingerprint density at radius 2 is 2.12 bits per heavy atom. The molecule has 1 aromatic rings. The normalized spacial score (nSPS) is 19.6. The molecule has 0 aromatic heterocycles. The highest BCUT2D eigenvalue weighted by Crippen LogP contribution is 2.28. The minimum absolute atomic E-state index is 0.104. The molecule has 1 saturated heterocycles. The number of para-hydroxylation sites is 1. The Kier molecular flexibility index (Phi) is 3.25. The molecule has 0 saturated carbocycles. The van der Waals surface area contributed by atoms with Crippen LogP contribution in [0.1, 0.15) is 18.4 Å². The zero-order chi connectivity index (χ0) is 12.3. The molecule has 1 aromatic carbocycles. The number of hydroxylamine groups is 2. The predicted molar refractivity (Wildman–Crippen MR) is 57.5 cm³/mol. The molecule has 1 fully saturated rings. The number of benzene rings is 1. The fourth-order valence-corrected chi connectivity index (χ4v) is 1.79. The zero-order valence-electron chi connectivity index (χ0n) is 9.20. The van der Waals surface area contributed by atoms with Crippen molar-refractivity contribution in [3.63, 3.8) is 0 Å². The Morgan fingerprint density at radius 1 is 1.35 bits per heavy atom. The molecule has 1 aliphatic heterocycles. The molecule has 90 valence electrons. The van der Waals surface area contributed by atoms with E-state index >= 15 is 0 Å². The van der Waals surface area contributed by atoms with Crippen LogP contribution in [0, 0.1) is 11.3 Å². The summed E-state index contributed by atoms with van der Waals surface area (Å²) in [5.74, 6) is -2.38. The number of piperidine rings is 1. The maximum Gasteiger partial charge on any atom is 0.263 e. The first-order chi connectivity index (χ1) is 8.11. The molecule has 17 heavy (non-hydrogen) atoms. The van der Waals surface area contributed by atoms with E-state index in [9.17, 15) is 8.78 Å². The third-order valence-electron chi connectivity index (χ3n) is 2.59. The van der Waals surface area contributed by atoms with Crippen LogP contribution in [0.15, 0.2) is 24.3 Å². The predicted octanol–water partition coefficient (Wildman–Crippen LogP) is 2.58. The summed E-state index contributed by atoms with van der Waals surface area (Å²) in [6.07, 6.45) is 0.286. The van der Waals surface area contributed by atoms with Crippen molar-refractivity contribution in [2.24, 2.45) is 0 Å². The molecule has 0 amide bonds. The third-order valence-corrected chi connectivity index (χ3v) is 2.59. The SMILES string of the molecule is N#Cc1ccccc1ON1CCCC(F)(F)C1. The van der Waals surface area contributed by atoms with E-state index in [1.165, 1.54) is 5.06 Å². The fourth-order valence-electron chi connectivity index (χ4n) is 1.79. The van der Waals surface area contributed by atoms with Gasteiger partial charge in [-0.3, -0.25) is 0 Å². The number of nitriles is 1. The molecule has 0 aliphatic carbocycles. The average molecular weight is 238 g/mol. The van der Waals surface area contributed by atoms with Crippen LogP contribution in [0.5, 0.6) is 5.75 Å². The summed E-state index contributed by atoms with van der Waals surface area (Å²) in [5, 5.41) is 10.1. The van der Waals surface area contributed by atoms with Crippen LogP contribution in [0.2, 0.25) is 0 Å². The van der Waals surface area contributed by atoms with Gasteiger partial charge in [0, 0.05) is 13.0 Å². The Bertz CT molecular complexity index is 442. The summed E-state index contributed by atoms with van der Waals surface area (Å²) in [6, 6.07) is 8.58. The van der Waals surface area contributed by atoms with E-state index in [0.717, 1.165) is 0 Å². The van der Waals surface area contributed by atoms with Crippen molar-refractivity contribution in [1.82, 2.24) is 5.06 Å². The van der Waals surface area contributed by atoms with E-state index in [1.54, 1.807) is 24.3 Å². The second-order valence-corrected chi connectivity index (χ2v) is 4.02. The van der Waals surface area contributed by atoms with Gasteiger partial charge in [-0.25, -0.2) is 8.78 Å². The second-order valence-electron chi connectivity index (χ2n) is 4.02. The number of alkyl halides is 2. The first-order valence-electron chi connectivity index (χ1n) is 5.41. The molecule has 3 nitrogen and oxygen atoms in total. The highest BCUT2D eigenvalue weighted by molar-refractivity contribution is 5.42. The van der Waals surface area contributed by atoms with Crippen molar-refractivity contribution < 1.29 is 13.6 Å². The van der Waals surface area contributed by atoms with E-state index in [1.807, 2.05) is 6.07 Å². The van der Waals surface area contributed by atoms with Crippen molar-refractivity contribution in [2.45, 2.75) is 18.8 Å². The summed E-state index contributed by atoms with van der Waals surface area (Å²) in [5.41, 5.74) is 0.349. The molecule has 0 spiro atoms. The lowest BCUT2D eigenvalue weighted by molar-refractivity contribution is -0.161. The van der Waals surface area contributed by atoms with Gasteiger partial charge >= 0.3 is 0 Å². The molecular weight excluding hydrogens is 226 g/mol. The van der Waals surface area contributed by atoms with E-state index in [2.05, 4.69) is 0 Å². The van der Waals surface area contributed by atoms with Gasteiger partial charge in [0.15, 0.2) is 5.75 Å². The van der Waals surface area contributed by atoms with E-state index in [-0.39, 0.29) is 6.42 Å². The summed E-state index contributed by atoms with van der Waals surface area (Å²) < 4.78 is 26.3. The van der Waals surface area contributed by atoms with Crippen molar-refractivity contribution in [2.75, 3.05) is 13.1 Å². The van der Waals surface area contributed by atoms with Crippen LogP contribution in [0.25, 0.3) is 0 Å². The monoisotopic (exact) mass is 238 g/mol. The molecule has 1 heterocycles. The fraction of sp³-hybridized carbons (Fsp3) is 0.417. The summed E-state index contributed by atoms with van der Waals surface area (Å²) in [6.45, 7) is 0.0299. The maximum atomic E-state index is 13.2. The molecular formula is C12H12F2N2O. The van der Waals surface area contributed by atoms with Crippen molar-refractivity contribution in [3.8, 4) is 11.8 Å². The smallest absolute Gasteiger partial charge is 0.263 e. The molecule has 1 aliphatic rings. The number of hydrogen-bond donors (Lipinski definition) is 0. The molecule has 0 bridgehead atoms. The van der Waals surface area contributed by atoms with Gasteiger partial charge in [0.25, 0.3) is 5.92 Å². The minimum atomic E-state index is -2.71. The first kappa shape index (κ1) is 11.8. The number of rotatable bonds is 2. The van der Waals surface area contributed by atoms with Crippen LogP contribution in [-0.2, 0) is 0 Å². The Morgan fingerprint density at radius 3 is 2.82 bits per heavy atom. The van der Waals surface area contributed by atoms with Crippen LogP contribution in [0.3, 0.4) is 0 Å². The maximum absolute atomic E-state index is 13.2. The van der Waals surface area contributed by atoms with Crippen LogP contribution in [-0.4, -0.2) is 24.1 Å². The van der Waals surface area contributed by atoms with E-state index < -0.39 is 12.5 Å². The van der Waals surface area contributed by atoms with Gasteiger partial charge in [-0.05, 0) is 18.6 Å². The zero-order valence-corrected chi connectivity index (χ0v) is 9.20. The lowest BCUT2D eigenvalue weighted by Crippen LogP contribution is -2.44. The van der Waals surface area contributed by atoms with Crippen molar-refractivity contribution in [3.05, 3.63) is 29.8 Å². The summed E-state index contributed by atoms with van der Waals surface area (Å²) in [4.78, 5) is 5.34. The number of hydrogen-bond acceptors (Lipinski definition) is 3. The van der Waals surface area contributed by atoms with Gasteiger partial charge in [0.1, 0.15) is 6.07 Å². The minimum Gasteiger partial charge on any atom is -0.404 e. The topological polar surface area (TPSA) is 36.3 Å². The third kappa shape index (κ3) is 2.92. The summed E-state index contributed by atoms with van der Waals surface area (Å²) >= 11 is 0. The van der Waals surface area contributed by atoms with Gasteiger partial charge in [-0.2, -0.15) is 5.26 Å². The molecule has 0 unspecified atom stereocenters. The standard InChI is InChI=1S/C12H12F2N2O/c13-12(14)6-3-7-16(9-12)17-11-5-2-1-4-10(11)8-15/h1-2,4-5H,3,6-7,9H2. The van der Waals surface area contributed by atoms with Crippen LogP contribution in [0.4, 0.5) is 8.78 Å². The Labute approximate surface area is 98.2 Å². The quantitative estimate of drug-likeness (QED) is 0.794. The highest BCUT2D eigenvalue weighted by Gasteiger charge is 2.36. The summed E-state index contributed by atoms with van der Waals surface area (Å²) in [7, 11) is 0. The molecule has 2 rings (SSSR count). The van der Waals surface area contributed by atoms with Crippen LogP contribution < -0.4 is 4.84 Å². The number of nitrogens with zero attached hydrogens (tertiary/aromatic N) is 2.